The zero-order chi connectivity index (χ0) is 13.7. The lowest BCUT2D eigenvalue weighted by Gasteiger charge is -2.52. The summed E-state index contributed by atoms with van der Waals surface area (Å²) >= 11 is 0. The van der Waals surface area contributed by atoms with Crippen molar-refractivity contribution in [3.8, 4) is 5.75 Å². The van der Waals surface area contributed by atoms with Crippen LogP contribution in [0.2, 0.25) is 0 Å². The minimum absolute atomic E-state index is 0.177. The molecule has 3 N–H and O–H groups in total. The van der Waals surface area contributed by atoms with Crippen LogP contribution >= 0.6 is 0 Å². The summed E-state index contributed by atoms with van der Waals surface area (Å²) in [4.78, 5) is 0. The number of nitrogen functional groups attached to an aromatic ring is 1. The Morgan fingerprint density at radius 3 is 2.25 bits per heavy atom. The molecule has 1 aromatic carbocycles. The molecule has 0 radical (unpaired) electrons. The molecule has 0 amide bonds. The Kier molecular flexibility index (Phi) is 2.72. The van der Waals surface area contributed by atoms with Crippen LogP contribution in [-0.2, 0) is 0 Å². The molecule has 4 heteroatoms. The van der Waals surface area contributed by atoms with Crippen molar-refractivity contribution in [2.24, 2.45) is 33.9 Å². The van der Waals surface area contributed by atoms with Gasteiger partial charge in [0.05, 0.1) is 11.7 Å². The zero-order valence-corrected chi connectivity index (χ0v) is 11.6. The van der Waals surface area contributed by atoms with Crippen LogP contribution in [0.3, 0.4) is 0 Å². The van der Waals surface area contributed by atoms with Gasteiger partial charge in [-0.15, -0.1) is 0 Å². The average molecular weight is 271 g/mol. The molecule has 0 aromatic heterocycles. The Balaban J connectivity index is 1.55. The fourth-order valence-corrected chi connectivity index (χ4v) is 4.85. The van der Waals surface area contributed by atoms with Gasteiger partial charge in [-0.3, -0.25) is 0 Å². The maximum atomic E-state index is 9.37. The molecule has 0 atom stereocenters. The average Bonchev–Trinajstić information content (AvgIpc) is 2.39. The quantitative estimate of drug-likeness (QED) is 0.633. The van der Waals surface area contributed by atoms with Crippen molar-refractivity contribution in [2.45, 2.75) is 38.1 Å². The van der Waals surface area contributed by atoms with Crippen LogP contribution < -0.4 is 5.73 Å². The van der Waals surface area contributed by atoms with Gasteiger partial charge in [-0.1, -0.05) is 0 Å². The number of azo groups is 1. The third-order valence-corrected chi connectivity index (χ3v) is 5.49. The lowest BCUT2D eigenvalue weighted by molar-refractivity contribution is -0.000937. The van der Waals surface area contributed by atoms with Crippen LogP contribution in [0.5, 0.6) is 5.75 Å². The van der Waals surface area contributed by atoms with E-state index in [-0.39, 0.29) is 5.75 Å². The highest BCUT2D eigenvalue weighted by molar-refractivity contribution is 5.64. The predicted octanol–water partition coefficient (Wildman–Crippen LogP) is 3.88. The van der Waals surface area contributed by atoms with E-state index in [9.17, 15) is 5.11 Å². The van der Waals surface area contributed by atoms with E-state index in [1.54, 1.807) is 12.1 Å². The molecular weight excluding hydrogens is 250 g/mol. The summed E-state index contributed by atoms with van der Waals surface area (Å²) in [6, 6.07) is 5.29. The van der Waals surface area contributed by atoms with Gasteiger partial charge in [-0.25, -0.2) is 0 Å². The molecule has 4 aliphatic rings. The number of hydrogen-bond donors (Lipinski definition) is 2. The van der Waals surface area contributed by atoms with E-state index < -0.39 is 0 Å². The first-order valence-corrected chi connectivity index (χ1v) is 7.68. The van der Waals surface area contributed by atoms with Crippen LogP contribution in [-0.4, -0.2) is 11.1 Å². The van der Waals surface area contributed by atoms with Gasteiger partial charge in [0, 0.05) is 6.07 Å². The predicted molar refractivity (Wildman–Crippen MR) is 77.9 cm³/mol. The van der Waals surface area contributed by atoms with Gasteiger partial charge in [0.15, 0.2) is 0 Å². The van der Waals surface area contributed by atoms with Crippen LogP contribution in [0.4, 0.5) is 11.4 Å². The van der Waals surface area contributed by atoms with Crippen molar-refractivity contribution in [2.75, 3.05) is 5.73 Å². The highest BCUT2D eigenvalue weighted by atomic mass is 16.3. The first-order chi connectivity index (χ1) is 9.69. The van der Waals surface area contributed by atoms with Crippen molar-refractivity contribution in [1.29, 1.82) is 0 Å². The van der Waals surface area contributed by atoms with Gasteiger partial charge in [0.2, 0.25) is 0 Å². The highest BCUT2D eigenvalue weighted by Gasteiger charge is 2.48. The first-order valence-electron chi connectivity index (χ1n) is 7.68. The molecule has 0 aliphatic heterocycles. The number of benzene rings is 1. The zero-order valence-electron chi connectivity index (χ0n) is 11.6. The smallest absolute Gasteiger partial charge is 0.117 e. The van der Waals surface area contributed by atoms with Crippen molar-refractivity contribution in [3.63, 3.8) is 0 Å². The van der Waals surface area contributed by atoms with E-state index in [1.807, 2.05) is 0 Å². The van der Waals surface area contributed by atoms with E-state index in [0.717, 1.165) is 23.7 Å². The van der Waals surface area contributed by atoms with E-state index in [2.05, 4.69) is 10.2 Å². The van der Waals surface area contributed by atoms with Gasteiger partial charge >= 0.3 is 0 Å². The summed E-state index contributed by atoms with van der Waals surface area (Å²) in [5.41, 5.74) is 7.04. The number of nitrogens with zero attached hydrogens (tertiary/aromatic N) is 2. The van der Waals surface area contributed by atoms with Crippen LogP contribution in [0.1, 0.15) is 32.1 Å². The summed E-state index contributed by atoms with van der Waals surface area (Å²) in [6.45, 7) is 0. The third-order valence-electron chi connectivity index (χ3n) is 5.49. The molecule has 4 bridgehead atoms. The van der Waals surface area contributed by atoms with Crippen LogP contribution in [0.25, 0.3) is 0 Å². The fraction of sp³-hybridized carbons (Fsp3) is 0.625. The van der Waals surface area contributed by atoms with Gasteiger partial charge in [-0.2, -0.15) is 10.2 Å². The summed E-state index contributed by atoms with van der Waals surface area (Å²) in [5, 5.41) is 18.4. The molecule has 0 spiro atoms. The number of nitrogens with two attached hydrogens (primary N) is 1. The summed E-state index contributed by atoms with van der Waals surface area (Å²) in [5.74, 6) is 3.59. The number of phenolic OH excluding ortho intramolecular Hbond substituents is 1. The summed E-state index contributed by atoms with van der Waals surface area (Å²) in [7, 11) is 0. The molecule has 4 nitrogen and oxygen atoms in total. The number of hydrogen-bond acceptors (Lipinski definition) is 4. The number of aromatic hydroxyl groups is 1. The third kappa shape index (κ3) is 1.98. The maximum absolute atomic E-state index is 9.37. The molecule has 0 saturated heterocycles. The number of rotatable bonds is 2. The molecular formula is C16H21N3O. The molecule has 0 unspecified atom stereocenters. The Morgan fingerprint density at radius 2 is 1.65 bits per heavy atom. The van der Waals surface area contributed by atoms with E-state index in [1.165, 1.54) is 38.2 Å². The number of phenols is 1. The second-order valence-electron chi connectivity index (χ2n) is 6.88. The standard InChI is InChI=1S/C16H21N3O/c17-14-8-13(20)1-2-15(14)18-19-16-11-4-9-3-10(6-11)7-12(16)5-9/h1-2,8-12,16,20H,3-7,17H2. The van der Waals surface area contributed by atoms with Gasteiger partial charge < -0.3 is 10.8 Å². The normalized spacial score (nSPS) is 38.7. The molecule has 20 heavy (non-hydrogen) atoms. The largest absolute Gasteiger partial charge is 0.508 e. The monoisotopic (exact) mass is 271 g/mol. The van der Waals surface area contributed by atoms with E-state index in [4.69, 9.17) is 5.73 Å². The minimum atomic E-state index is 0.177. The molecule has 4 aliphatic carbocycles. The molecule has 1 aromatic rings. The van der Waals surface area contributed by atoms with Crippen LogP contribution in [0.15, 0.2) is 28.4 Å². The Bertz CT molecular complexity index is 527. The van der Waals surface area contributed by atoms with E-state index in [0.29, 0.717) is 17.4 Å². The maximum Gasteiger partial charge on any atom is 0.117 e. The molecule has 0 heterocycles. The summed E-state index contributed by atoms with van der Waals surface area (Å²) < 4.78 is 0. The second-order valence-corrected chi connectivity index (χ2v) is 6.88. The molecule has 4 fully saturated rings. The van der Waals surface area contributed by atoms with Crippen molar-refractivity contribution in [1.82, 2.24) is 0 Å². The van der Waals surface area contributed by atoms with Gasteiger partial charge in [0.1, 0.15) is 11.4 Å². The van der Waals surface area contributed by atoms with Gasteiger partial charge in [-0.05, 0) is 67.9 Å². The Labute approximate surface area is 119 Å². The Morgan fingerprint density at radius 1 is 1.00 bits per heavy atom. The topological polar surface area (TPSA) is 71.0 Å². The molecule has 4 saturated carbocycles. The SMILES string of the molecule is Nc1cc(O)ccc1N=NC1C2CC3CC(C2)CC1C3. The first kappa shape index (κ1) is 12.2. The summed E-state index contributed by atoms with van der Waals surface area (Å²) in [6.07, 6.45) is 6.86. The lowest BCUT2D eigenvalue weighted by Crippen LogP contribution is -2.47. The van der Waals surface area contributed by atoms with Crippen molar-refractivity contribution >= 4 is 11.4 Å². The van der Waals surface area contributed by atoms with Crippen LogP contribution in [0, 0.1) is 23.7 Å². The second kappa shape index (κ2) is 4.47. The van der Waals surface area contributed by atoms with E-state index >= 15 is 0 Å². The Hall–Kier alpha value is -1.58. The highest BCUT2D eigenvalue weighted by Crippen LogP contribution is 2.54. The molecule has 5 rings (SSSR count). The fourth-order valence-electron chi connectivity index (χ4n) is 4.85. The minimum Gasteiger partial charge on any atom is -0.508 e. The van der Waals surface area contributed by atoms with Crippen molar-refractivity contribution in [3.05, 3.63) is 18.2 Å². The lowest BCUT2D eigenvalue weighted by atomic mass is 9.54. The van der Waals surface area contributed by atoms with Gasteiger partial charge in [0.25, 0.3) is 0 Å². The van der Waals surface area contributed by atoms with Crippen molar-refractivity contribution < 1.29 is 5.11 Å². The molecule has 106 valence electrons. The number of anilines is 1.